The number of aromatic nitrogens is 1. The van der Waals surface area contributed by atoms with Gasteiger partial charge in [-0.15, -0.1) is 0 Å². The summed E-state index contributed by atoms with van der Waals surface area (Å²) in [7, 11) is 1.56. The number of urea groups is 1. The van der Waals surface area contributed by atoms with Crippen LogP contribution in [0.15, 0.2) is 36.4 Å². The molecule has 0 unspecified atom stereocenters. The summed E-state index contributed by atoms with van der Waals surface area (Å²) in [6, 6.07) is 9.79. The molecule has 0 aliphatic carbocycles. The molecule has 1 saturated heterocycles. The number of anilines is 2. The van der Waals surface area contributed by atoms with Gasteiger partial charge in [0, 0.05) is 37.9 Å². The zero-order chi connectivity index (χ0) is 17.8. The van der Waals surface area contributed by atoms with Crippen molar-refractivity contribution in [3.05, 3.63) is 47.9 Å². The van der Waals surface area contributed by atoms with Crippen LogP contribution < -0.4 is 15.0 Å². The van der Waals surface area contributed by atoms with Gasteiger partial charge in [-0.1, -0.05) is 0 Å². The maximum Gasteiger partial charge on any atom is 0.322 e. The molecule has 7 heteroatoms. The lowest BCUT2D eigenvalue weighted by molar-refractivity contribution is 0.208. The highest BCUT2D eigenvalue weighted by Crippen LogP contribution is 2.19. The third-order valence-corrected chi connectivity index (χ3v) is 4.27. The van der Waals surface area contributed by atoms with Gasteiger partial charge in [-0.05, 0) is 37.3 Å². The van der Waals surface area contributed by atoms with Crippen LogP contribution in [0.4, 0.5) is 20.6 Å². The maximum absolute atomic E-state index is 13.0. The first-order valence-corrected chi connectivity index (χ1v) is 8.15. The fourth-order valence-electron chi connectivity index (χ4n) is 2.80. The van der Waals surface area contributed by atoms with Gasteiger partial charge in [-0.25, -0.2) is 14.2 Å². The number of methoxy groups -OCH3 is 1. The molecular weight excluding hydrogens is 323 g/mol. The van der Waals surface area contributed by atoms with E-state index < -0.39 is 0 Å². The van der Waals surface area contributed by atoms with Crippen LogP contribution in [0.5, 0.6) is 5.88 Å². The molecule has 2 aromatic rings. The van der Waals surface area contributed by atoms with Gasteiger partial charge in [0.05, 0.1) is 18.5 Å². The second-order valence-electron chi connectivity index (χ2n) is 5.87. The number of halogens is 1. The van der Waals surface area contributed by atoms with E-state index in [1.807, 2.05) is 6.92 Å². The van der Waals surface area contributed by atoms with Crippen molar-refractivity contribution in [1.29, 1.82) is 0 Å². The van der Waals surface area contributed by atoms with E-state index in [0.29, 0.717) is 43.4 Å². The number of aryl methyl sites for hydroxylation is 1. The number of rotatable bonds is 3. The first-order valence-electron chi connectivity index (χ1n) is 8.15. The van der Waals surface area contributed by atoms with Crippen LogP contribution >= 0.6 is 0 Å². The highest BCUT2D eigenvalue weighted by Gasteiger charge is 2.22. The molecular formula is C18H21FN4O2. The monoisotopic (exact) mass is 344 g/mol. The average molecular weight is 344 g/mol. The lowest BCUT2D eigenvalue weighted by atomic mass is 10.2. The first kappa shape index (κ1) is 17.0. The van der Waals surface area contributed by atoms with E-state index in [-0.39, 0.29) is 11.8 Å². The first-order chi connectivity index (χ1) is 12.1. The van der Waals surface area contributed by atoms with Crippen LogP contribution in [-0.2, 0) is 0 Å². The predicted molar refractivity (Wildman–Crippen MR) is 94.7 cm³/mol. The van der Waals surface area contributed by atoms with Crippen LogP contribution in [0.25, 0.3) is 0 Å². The number of pyridine rings is 1. The number of hydrogen-bond donors (Lipinski definition) is 1. The van der Waals surface area contributed by atoms with Crippen molar-refractivity contribution >= 4 is 17.4 Å². The van der Waals surface area contributed by atoms with Crippen LogP contribution in [0.3, 0.4) is 0 Å². The summed E-state index contributed by atoms with van der Waals surface area (Å²) < 4.78 is 18.1. The normalized spacial score (nSPS) is 14.4. The summed E-state index contributed by atoms with van der Waals surface area (Å²) in [4.78, 5) is 20.6. The largest absolute Gasteiger partial charge is 0.481 e. The second kappa shape index (κ2) is 7.38. The van der Waals surface area contributed by atoms with E-state index in [2.05, 4.69) is 15.2 Å². The Kier molecular flexibility index (Phi) is 5.02. The molecule has 1 N–H and O–H groups in total. The van der Waals surface area contributed by atoms with Crippen molar-refractivity contribution < 1.29 is 13.9 Å². The van der Waals surface area contributed by atoms with Gasteiger partial charge in [0.25, 0.3) is 0 Å². The Balaban J connectivity index is 1.57. The van der Waals surface area contributed by atoms with Crippen LogP contribution in [0, 0.1) is 12.7 Å². The average Bonchev–Trinajstić information content (AvgIpc) is 2.64. The molecule has 2 heterocycles. The van der Waals surface area contributed by atoms with E-state index in [4.69, 9.17) is 4.74 Å². The van der Waals surface area contributed by atoms with E-state index in [1.54, 1.807) is 36.3 Å². The van der Waals surface area contributed by atoms with Crippen LogP contribution in [0.2, 0.25) is 0 Å². The van der Waals surface area contributed by atoms with Gasteiger partial charge in [-0.2, -0.15) is 0 Å². The predicted octanol–water partition coefficient (Wildman–Crippen LogP) is 2.89. The van der Waals surface area contributed by atoms with Gasteiger partial charge >= 0.3 is 6.03 Å². The Bertz CT molecular complexity index is 743. The summed E-state index contributed by atoms with van der Waals surface area (Å²) in [6.07, 6.45) is 0. The molecule has 2 amide bonds. The van der Waals surface area contributed by atoms with Crippen LogP contribution in [0.1, 0.15) is 5.69 Å². The van der Waals surface area contributed by atoms with E-state index in [0.717, 1.165) is 5.69 Å². The molecule has 25 heavy (non-hydrogen) atoms. The summed E-state index contributed by atoms with van der Waals surface area (Å²) in [5.74, 6) is 0.272. The highest BCUT2D eigenvalue weighted by atomic mass is 19.1. The summed E-state index contributed by atoms with van der Waals surface area (Å²) >= 11 is 0. The molecule has 0 saturated carbocycles. The molecule has 1 aliphatic heterocycles. The summed E-state index contributed by atoms with van der Waals surface area (Å²) in [5.41, 5.74) is 2.35. The van der Waals surface area contributed by atoms with E-state index in [9.17, 15) is 9.18 Å². The molecule has 132 valence electrons. The van der Waals surface area contributed by atoms with Gasteiger partial charge in [0.15, 0.2) is 0 Å². The van der Waals surface area contributed by atoms with Gasteiger partial charge < -0.3 is 19.9 Å². The van der Waals surface area contributed by atoms with Gasteiger partial charge in [0.1, 0.15) is 5.82 Å². The molecule has 6 nitrogen and oxygen atoms in total. The highest BCUT2D eigenvalue weighted by molar-refractivity contribution is 5.90. The minimum atomic E-state index is -0.245. The fraction of sp³-hybridized carbons (Fsp3) is 0.333. The molecule has 1 aromatic heterocycles. The molecule has 1 aromatic carbocycles. The Morgan fingerprint density at radius 1 is 1.12 bits per heavy atom. The minimum Gasteiger partial charge on any atom is -0.481 e. The van der Waals surface area contributed by atoms with Crippen molar-refractivity contribution in [1.82, 2.24) is 9.88 Å². The number of nitrogens with one attached hydrogen (secondary N) is 1. The summed E-state index contributed by atoms with van der Waals surface area (Å²) in [5, 5.41) is 2.89. The Hall–Kier alpha value is -2.83. The van der Waals surface area contributed by atoms with E-state index >= 15 is 0 Å². The minimum absolute atomic E-state index is 0.145. The number of ether oxygens (including phenoxy) is 1. The summed E-state index contributed by atoms with van der Waals surface area (Å²) in [6.45, 7) is 4.44. The molecule has 0 spiro atoms. The SMILES string of the molecule is COc1ccc(NC(=O)N2CCN(c3ccc(F)cc3)CC2)c(C)n1. The Labute approximate surface area is 146 Å². The number of benzene rings is 1. The molecule has 1 fully saturated rings. The van der Waals surface area contributed by atoms with Gasteiger partial charge in [0.2, 0.25) is 5.88 Å². The fourth-order valence-corrected chi connectivity index (χ4v) is 2.80. The lowest BCUT2D eigenvalue weighted by Gasteiger charge is -2.36. The zero-order valence-corrected chi connectivity index (χ0v) is 14.3. The standard InChI is InChI=1S/C18H21FN4O2/c1-13-16(7-8-17(20-13)25-2)21-18(24)23-11-9-22(10-12-23)15-5-3-14(19)4-6-15/h3-8H,9-12H2,1-2H3,(H,21,24). The molecule has 0 atom stereocenters. The second-order valence-corrected chi connectivity index (χ2v) is 5.87. The number of piperazine rings is 1. The van der Waals surface area contributed by atoms with Crippen molar-refractivity contribution in [3.8, 4) is 5.88 Å². The maximum atomic E-state index is 13.0. The van der Waals surface area contributed by atoms with Crippen LogP contribution in [-0.4, -0.2) is 49.2 Å². The topological polar surface area (TPSA) is 57.7 Å². The Morgan fingerprint density at radius 3 is 2.40 bits per heavy atom. The van der Waals surface area contributed by atoms with Crippen molar-refractivity contribution in [2.75, 3.05) is 43.5 Å². The molecule has 0 bridgehead atoms. The Morgan fingerprint density at radius 2 is 1.80 bits per heavy atom. The molecule has 3 rings (SSSR count). The number of carbonyl (C=O) groups is 1. The number of nitrogens with zero attached hydrogens (tertiary/aromatic N) is 3. The van der Waals surface area contributed by atoms with Crippen molar-refractivity contribution in [2.45, 2.75) is 6.92 Å². The van der Waals surface area contributed by atoms with E-state index in [1.165, 1.54) is 12.1 Å². The molecule has 1 aliphatic rings. The lowest BCUT2D eigenvalue weighted by Crippen LogP contribution is -2.50. The quantitative estimate of drug-likeness (QED) is 0.930. The number of carbonyl (C=O) groups excluding carboxylic acids is 1. The van der Waals surface area contributed by atoms with Crippen molar-refractivity contribution in [2.24, 2.45) is 0 Å². The smallest absolute Gasteiger partial charge is 0.322 e. The third-order valence-electron chi connectivity index (χ3n) is 4.27. The molecule has 0 radical (unpaired) electrons. The third kappa shape index (κ3) is 3.99. The number of amides is 2. The number of hydrogen-bond acceptors (Lipinski definition) is 4. The zero-order valence-electron chi connectivity index (χ0n) is 14.3. The van der Waals surface area contributed by atoms with Gasteiger partial charge in [-0.3, -0.25) is 0 Å². The van der Waals surface area contributed by atoms with Crippen molar-refractivity contribution in [3.63, 3.8) is 0 Å².